The van der Waals surface area contributed by atoms with Gasteiger partial charge in [0.15, 0.2) is 11.9 Å². The number of benzene rings is 1. The molecule has 1 rings (SSSR count). The molecular weight excluding hydrogens is 672 g/mol. The lowest BCUT2D eigenvalue weighted by Gasteiger charge is -2.39. The number of guanidine groups is 2. The Morgan fingerprint density at radius 2 is 1.12 bits per heavy atom. The van der Waals surface area contributed by atoms with Crippen LogP contribution in [0.1, 0.15) is 65.9 Å². The van der Waals surface area contributed by atoms with E-state index in [1.54, 1.807) is 12.1 Å². The first-order valence-electron chi connectivity index (χ1n) is 16.9. The van der Waals surface area contributed by atoms with Crippen molar-refractivity contribution in [3.8, 4) is 0 Å². The van der Waals surface area contributed by atoms with Crippen molar-refractivity contribution >= 4 is 47.4 Å². The molecule has 0 saturated heterocycles. The van der Waals surface area contributed by atoms with Crippen LogP contribution in [-0.4, -0.2) is 125 Å². The zero-order valence-electron chi connectivity index (χ0n) is 31.6. The fraction of sp³-hybridized carbons (Fsp3) is 0.588. The minimum absolute atomic E-state index is 0.103. The molecule has 0 aliphatic heterocycles. The summed E-state index contributed by atoms with van der Waals surface area (Å²) in [6.07, 6.45) is 0.945. The minimum Gasteiger partial charge on any atom is -0.370 e. The molecule has 290 valence electrons. The zero-order chi connectivity index (χ0) is 40.0. The molecule has 0 bridgehead atoms. The number of nitrogens with zero attached hydrogens (tertiary/aromatic N) is 5. The highest BCUT2D eigenvalue weighted by Gasteiger charge is 2.42. The molecule has 0 spiro atoms. The predicted molar refractivity (Wildman–Crippen MR) is 199 cm³/mol. The van der Waals surface area contributed by atoms with Crippen molar-refractivity contribution < 1.29 is 28.8 Å². The van der Waals surface area contributed by atoms with Crippen LogP contribution in [0.15, 0.2) is 40.3 Å². The lowest BCUT2D eigenvalue weighted by Crippen LogP contribution is -2.64. The van der Waals surface area contributed by atoms with Crippen LogP contribution in [0, 0.1) is 0 Å². The maximum atomic E-state index is 14.2. The Bertz CT molecular complexity index is 1470. The normalized spacial score (nSPS) is 13.0. The lowest BCUT2D eigenvalue weighted by atomic mass is 9.97. The molecule has 6 amide bonds. The van der Waals surface area contributed by atoms with E-state index in [1.807, 2.05) is 18.2 Å². The molecule has 0 heterocycles. The van der Waals surface area contributed by atoms with Crippen molar-refractivity contribution in [3.63, 3.8) is 0 Å². The first-order valence-corrected chi connectivity index (χ1v) is 16.9. The summed E-state index contributed by atoms with van der Waals surface area (Å²) in [6, 6.07) is 5.79. The maximum absolute atomic E-state index is 14.2. The van der Waals surface area contributed by atoms with Gasteiger partial charge in [0.05, 0.1) is 0 Å². The first kappa shape index (κ1) is 44.6. The molecule has 0 aromatic heterocycles. The number of amides is 6. The van der Waals surface area contributed by atoms with E-state index in [1.165, 1.54) is 70.5 Å². The Hall–Kier alpha value is -5.42. The van der Waals surface area contributed by atoms with Crippen LogP contribution in [0.25, 0.3) is 0 Å². The third-order valence-electron chi connectivity index (χ3n) is 8.43. The third-order valence-corrected chi connectivity index (χ3v) is 8.43. The van der Waals surface area contributed by atoms with E-state index in [0.717, 1.165) is 5.56 Å². The Balaban J connectivity index is 3.43. The molecule has 0 saturated carbocycles. The van der Waals surface area contributed by atoms with Crippen molar-refractivity contribution in [2.75, 3.05) is 34.2 Å². The van der Waals surface area contributed by atoms with Crippen LogP contribution < -0.4 is 39.3 Å². The summed E-state index contributed by atoms with van der Waals surface area (Å²) in [5.74, 6) is -3.87. The molecule has 0 aliphatic carbocycles. The summed E-state index contributed by atoms with van der Waals surface area (Å²) in [7, 11) is 4.28. The monoisotopic (exact) mass is 730 g/mol. The van der Waals surface area contributed by atoms with Crippen LogP contribution in [0.3, 0.4) is 0 Å². The van der Waals surface area contributed by atoms with Gasteiger partial charge in [0.1, 0.15) is 29.2 Å². The summed E-state index contributed by atoms with van der Waals surface area (Å²) >= 11 is 0. The predicted octanol–water partition coefficient (Wildman–Crippen LogP) is -1.89. The molecule has 0 aliphatic rings. The number of carbonyl (C=O) groups excluding carboxylic acids is 6. The average molecular weight is 731 g/mol. The van der Waals surface area contributed by atoms with Gasteiger partial charge in [-0.2, -0.15) is 0 Å². The number of nitrogens with two attached hydrogens (primary N) is 5. The van der Waals surface area contributed by atoms with E-state index in [0.29, 0.717) is 12.8 Å². The second-order valence-electron chi connectivity index (χ2n) is 13.7. The molecule has 1 aromatic rings. The van der Waals surface area contributed by atoms with Crippen LogP contribution in [0.5, 0.6) is 0 Å². The Morgan fingerprint density at radius 3 is 1.56 bits per heavy atom. The van der Waals surface area contributed by atoms with Gasteiger partial charge in [0.2, 0.25) is 35.4 Å². The van der Waals surface area contributed by atoms with Crippen molar-refractivity contribution in [2.45, 2.75) is 95.9 Å². The van der Waals surface area contributed by atoms with Crippen molar-refractivity contribution in [1.82, 2.24) is 25.3 Å². The largest absolute Gasteiger partial charge is 0.370 e. The van der Waals surface area contributed by atoms with Gasteiger partial charge in [-0.05, 0) is 58.9 Å². The fourth-order valence-corrected chi connectivity index (χ4v) is 5.73. The average Bonchev–Trinajstić information content (AvgIpc) is 3.04. The number of primary amides is 1. The molecule has 1 aromatic carbocycles. The van der Waals surface area contributed by atoms with Gasteiger partial charge in [-0.3, -0.25) is 38.8 Å². The molecule has 12 N–H and O–H groups in total. The summed E-state index contributed by atoms with van der Waals surface area (Å²) in [5.41, 5.74) is 25.4. The third kappa shape index (κ3) is 13.7. The zero-order valence-corrected chi connectivity index (χ0v) is 31.6. The highest BCUT2D eigenvalue weighted by Crippen LogP contribution is 2.20. The van der Waals surface area contributed by atoms with Crippen molar-refractivity contribution in [2.24, 2.45) is 38.7 Å². The van der Waals surface area contributed by atoms with E-state index < -0.39 is 64.6 Å². The van der Waals surface area contributed by atoms with E-state index in [4.69, 9.17) is 28.7 Å². The molecule has 0 unspecified atom stereocenters. The fourth-order valence-electron chi connectivity index (χ4n) is 5.73. The van der Waals surface area contributed by atoms with E-state index in [-0.39, 0.29) is 44.3 Å². The van der Waals surface area contributed by atoms with Gasteiger partial charge in [-0.15, -0.1) is 0 Å². The number of hydrogen-bond acceptors (Lipinski definition) is 8. The molecule has 18 heteroatoms. The van der Waals surface area contributed by atoms with Crippen LogP contribution in [0.2, 0.25) is 0 Å². The second kappa shape index (κ2) is 19.8. The molecular formula is C34H58N12O6. The molecule has 0 radical (unpaired) electrons. The number of rotatable bonds is 20. The van der Waals surface area contributed by atoms with Gasteiger partial charge in [-0.1, -0.05) is 30.3 Å². The number of hydrogen-bond donors (Lipinski definition) is 7. The summed E-state index contributed by atoms with van der Waals surface area (Å²) < 4.78 is 0. The highest BCUT2D eigenvalue weighted by atomic mass is 16.2. The Morgan fingerprint density at radius 1 is 0.673 bits per heavy atom. The number of aliphatic imine (C=N–C) groups is 2. The van der Waals surface area contributed by atoms with Crippen LogP contribution in [-0.2, 0) is 35.2 Å². The summed E-state index contributed by atoms with van der Waals surface area (Å²) in [6.45, 7) is 7.56. The molecule has 52 heavy (non-hydrogen) atoms. The van der Waals surface area contributed by atoms with Gasteiger partial charge in [0.25, 0.3) is 0 Å². The second-order valence-corrected chi connectivity index (χ2v) is 13.7. The first-order chi connectivity index (χ1) is 24.0. The van der Waals surface area contributed by atoms with E-state index in [9.17, 15) is 28.8 Å². The molecule has 3 atom stereocenters. The topological polar surface area (TPSA) is 291 Å². The van der Waals surface area contributed by atoms with Crippen LogP contribution in [0.4, 0.5) is 0 Å². The van der Waals surface area contributed by atoms with Gasteiger partial charge in [-0.25, -0.2) is 0 Å². The van der Waals surface area contributed by atoms with Gasteiger partial charge < -0.3 is 54.0 Å². The number of likely N-dealkylation sites (N-methyl/N-ethyl adjacent to an activating group) is 3. The molecule has 0 fully saturated rings. The minimum atomic E-state index is -1.61. The number of carbonyl (C=O) groups is 6. The highest BCUT2D eigenvalue weighted by molar-refractivity contribution is 5.98. The lowest BCUT2D eigenvalue weighted by molar-refractivity contribution is -0.151. The van der Waals surface area contributed by atoms with Crippen molar-refractivity contribution in [1.29, 1.82) is 0 Å². The van der Waals surface area contributed by atoms with Gasteiger partial charge >= 0.3 is 0 Å². The standard InChI is InChI=1S/C34H58N12O6/c1-21(47)42-33(2,3)29(51)45(7)23(16-12-18-40-31(36)37)27(49)43-34(4,5)30(52)46(8)24(17-13-19-41-32(38)39)28(50)44(6)25(26(35)48)20-22-14-10-9-11-15-22/h9-11,14-15,23-25H,12-13,16-20H2,1-8H3,(H2,35,48)(H,42,47)(H,43,49)(H4,36,37,40)(H4,38,39,41)/t23-,24-,25-/m0/s1. The van der Waals surface area contributed by atoms with Gasteiger partial charge in [0, 0.05) is 47.6 Å². The summed E-state index contributed by atoms with van der Waals surface area (Å²) in [4.78, 5) is 91.6. The van der Waals surface area contributed by atoms with E-state index >= 15 is 0 Å². The Kier molecular flexibility index (Phi) is 17.0. The smallest absolute Gasteiger partial charge is 0.248 e. The maximum Gasteiger partial charge on any atom is 0.248 e. The SMILES string of the molecule is CC(=O)NC(C)(C)C(=O)N(C)[C@@H](CCCN=C(N)N)C(=O)NC(C)(C)C(=O)N(C)[C@@H](CCCN=C(N)N)C(=O)N(C)[C@@H](Cc1ccccc1)C(N)=O. The number of nitrogens with one attached hydrogen (secondary N) is 2. The Labute approximate surface area is 305 Å². The van der Waals surface area contributed by atoms with Crippen LogP contribution >= 0.6 is 0 Å². The molecule has 18 nitrogen and oxygen atoms in total. The van der Waals surface area contributed by atoms with E-state index in [2.05, 4.69) is 20.6 Å². The quantitative estimate of drug-likeness (QED) is 0.0445. The summed E-state index contributed by atoms with van der Waals surface area (Å²) in [5, 5.41) is 5.32. The van der Waals surface area contributed by atoms with Crippen molar-refractivity contribution in [3.05, 3.63) is 35.9 Å².